The number of aryl methyl sites for hydroxylation is 1. The van der Waals surface area contributed by atoms with E-state index >= 15 is 0 Å². The molecule has 0 aliphatic rings. The molecule has 2 N–H and O–H groups in total. The Labute approximate surface area is 128 Å². The summed E-state index contributed by atoms with van der Waals surface area (Å²) < 4.78 is 66.0. The van der Waals surface area contributed by atoms with E-state index in [1.807, 2.05) is 12.2 Å². The van der Waals surface area contributed by atoms with Gasteiger partial charge in [-0.1, -0.05) is 17.7 Å². The van der Waals surface area contributed by atoms with Crippen LogP contribution in [0.15, 0.2) is 24.3 Å². The Morgan fingerprint density at radius 1 is 0.773 bits per heavy atom. The lowest BCUT2D eigenvalue weighted by atomic mass is 10.2. The van der Waals surface area contributed by atoms with Gasteiger partial charge in [0, 0.05) is 5.69 Å². The SMILES string of the molecule is Cc1ccc(NC(=S)Nc2c(F)c(F)c(F)c(F)c2F)cc1. The third-order valence-corrected chi connectivity index (χ3v) is 2.96. The minimum Gasteiger partial charge on any atom is -0.332 e. The molecule has 8 heteroatoms. The number of hydrogen-bond donors (Lipinski definition) is 2. The van der Waals surface area contributed by atoms with Gasteiger partial charge in [-0.3, -0.25) is 0 Å². The highest BCUT2D eigenvalue weighted by Gasteiger charge is 2.26. The second kappa shape index (κ2) is 6.27. The summed E-state index contributed by atoms with van der Waals surface area (Å²) in [5.41, 5.74) is 0.261. The summed E-state index contributed by atoms with van der Waals surface area (Å²) in [6, 6.07) is 6.79. The lowest BCUT2D eigenvalue weighted by Crippen LogP contribution is -2.22. The normalized spacial score (nSPS) is 10.5. The summed E-state index contributed by atoms with van der Waals surface area (Å²) in [7, 11) is 0. The predicted molar refractivity (Wildman–Crippen MR) is 77.3 cm³/mol. The van der Waals surface area contributed by atoms with Crippen LogP contribution in [0.3, 0.4) is 0 Å². The second-order valence-electron chi connectivity index (χ2n) is 4.39. The van der Waals surface area contributed by atoms with Crippen molar-refractivity contribution in [2.45, 2.75) is 6.92 Å². The Bertz CT molecular complexity index is 702. The van der Waals surface area contributed by atoms with E-state index in [9.17, 15) is 22.0 Å². The van der Waals surface area contributed by atoms with Crippen LogP contribution in [-0.4, -0.2) is 5.11 Å². The third-order valence-electron chi connectivity index (χ3n) is 2.76. The van der Waals surface area contributed by atoms with E-state index in [-0.39, 0.29) is 5.11 Å². The third kappa shape index (κ3) is 3.16. The van der Waals surface area contributed by atoms with Gasteiger partial charge in [0.05, 0.1) is 0 Å². The number of anilines is 2. The summed E-state index contributed by atoms with van der Waals surface area (Å²) >= 11 is 4.80. The van der Waals surface area contributed by atoms with Gasteiger partial charge in [0.25, 0.3) is 0 Å². The summed E-state index contributed by atoms with van der Waals surface area (Å²) in [6.07, 6.45) is 0. The summed E-state index contributed by atoms with van der Waals surface area (Å²) in [5, 5.41) is 4.24. The van der Waals surface area contributed by atoms with Crippen LogP contribution in [0.4, 0.5) is 33.3 Å². The molecule has 22 heavy (non-hydrogen) atoms. The van der Waals surface area contributed by atoms with Crippen molar-refractivity contribution in [1.82, 2.24) is 0 Å². The van der Waals surface area contributed by atoms with Crippen LogP contribution < -0.4 is 10.6 Å². The molecule has 0 aromatic heterocycles. The Kier molecular flexibility index (Phi) is 4.60. The van der Waals surface area contributed by atoms with Crippen LogP contribution in [0, 0.1) is 36.0 Å². The first-order chi connectivity index (χ1) is 10.3. The van der Waals surface area contributed by atoms with Crippen molar-refractivity contribution in [2.24, 2.45) is 0 Å². The molecule has 0 spiro atoms. The highest BCUT2D eigenvalue weighted by Crippen LogP contribution is 2.27. The molecule has 0 aliphatic carbocycles. The zero-order valence-electron chi connectivity index (χ0n) is 11.1. The molecule has 0 aliphatic heterocycles. The zero-order chi connectivity index (χ0) is 16.4. The predicted octanol–water partition coefficient (Wildman–Crippen LogP) is 4.50. The second-order valence-corrected chi connectivity index (χ2v) is 4.80. The molecule has 2 aromatic carbocycles. The molecular weight excluding hydrogens is 323 g/mol. The number of rotatable bonds is 2. The van der Waals surface area contributed by atoms with Gasteiger partial charge in [-0.2, -0.15) is 0 Å². The van der Waals surface area contributed by atoms with Gasteiger partial charge in [0.15, 0.2) is 28.4 Å². The van der Waals surface area contributed by atoms with Gasteiger partial charge in [0.2, 0.25) is 5.82 Å². The Morgan fingerprint density at radius 3 is 1.73 bits per heavy atom. The molecule has 0 saturated heterocycles. The van der Waals surface area contributed by atoms with Crippen LogP contribution in [-0.2, 0) is 0 Å². The van der Waals surface area contributed by atoms with Crippen molar-refractivity contribution in [3.05, 3.63) is 58.9 Å². The van der Waals surface area contributed by atoms with E-state index in [2.05, 4.69) is 5.32 Å². The molecule has 2 aromatic rings. The molecule has 0 amide bonds. The molecule has 116 valence electrons. The van der Waals surface area contributed by atoms with Gasteiger partial charge in [-0.05, 0) is 31.3 Å². The minimum atomic E-state index is -2.22. The van der Waals surface area contributed by atoms with E-state index in [4.69, 9.17) is 12.2 Å². The fourth-order valence-electron chi connectivity index (χ4n) is 1.63. The van der Waals surface area contributed by atoms with E-state index in [1.165, 1.54) is 0 Å². The van der Waals surface area contributed by atoms with Crippen molar-refractivity contribution in [3.63, 3.8) is 0 Å². The number of halogens is 5. The molecule has 0 bridgehead atoms. The highest BCUT2D eigenvalue weighted by molar-refractivity contribution is 7.80. The molecular formula is C14H9F5N2S. The van der Waals surface area contributed by atoms with Gasteiger partial charge in [0.1, 0.15) is 5.69 Å². The average molecular weight is 332 g/mol. The smallest absolute Gasteiger partial charge is 0.200 e. The molecule has 0 heterocycles. The molecule has 0 fully saturated rings. The Balaban J connectivity index is 2.24. The van der Waals surface area contributed by atoms with Crippen molar-refractivity contribution in [1.29, 1.82) is 0 Å². The first-order valence-electron chi connectivity index (χ1n) is 5.97. The topological polar surface area (TPSA) is 24.1 Å². The van der Waals surface area contributed by atoms with E-state index in [0.717, 1.165) is 5.56 Å². The maximum atomic E-state index is 13.5. The molecule has 0 saturated carbocycles. The number of nitrogens with one attached hydrogen (secondary N) is 2. The standard InChI is InChI=1S/C14H9F5N2S/c1-6-2-4-7(5-3-6)20-14(22)21-13-11(18)9(16)8(15)10(17)12(13)19/h2-5H,1H3,(H2,20,21,22). The Hall–Kier alpha value is -2.22. The summed E-state index contributed by atoms with van der Waals surface area (Å²) in [6.45, 7) is 1.86. The molecule has 0 radical (unpaired) electrons. The monoisotopic (exact) mass is 332 g/mol. The van der Waals surface area contributed by atoms with Crippen molar-refractivity contribution in [3.8, 4) is 0 Å². The van der Waals surface area contributed by atoms with E-state index in [1.54, 1.807) is 24.3 Å². The number of benzene rings is 2. The maximum absolute atomic E-state index is 13.5. The fraction of sp³-hybridized carbons (Fsp3) is 0.0714. The zero-order valence-corrected chi connectivity index (χ0v) is 11.9. The van der Waals surface area contributed by atoms with E-state index < -0.39 is 34.8 Å². The molecule has 2 nitrogen and oxygen atoms in total. The first-order valence-corrected chi connectivity index (χ1v) is 6.38. The minimum absolute atomic E-state index is 0.313. The Morgan fingerprint density at radius 2 is 1.23 bits per heavy atom. The van der Waals surface area contributed by atoms with Crippen LogP contribution in [0.5, 0.6) is 0 Å². The molecule has 0 atom stereocenters. The van der Waals surface area contributed by atoms with Gasteiger partial charge in [-0.15, -0.1) is 0 Å². The largest absolute Gasteiger partial charge is 0.332 e. The van der Waals surface area contributed by atoms with Crippen molar-refractivity contribution in [2.75, 3.05) is 10.6 Å². The lowest BCUT2D eigenvalue weighted by molar-refractivity contribution is 0.382. The number of thiocarbonyl (C=S) groups is 1. The highest BCUT2D eigenvalue weighted by atomic mass is 32.1. The molecule has 2 rings (SSSR count). The summed E-state index contributed by atoms with van der Waals surface area (Å²) in [4.78, 5) is 0. The van der Waals surface area contributed by atoms with Crippen LogP contribution in [0.2, 0.25) is 0 Å². The van der Waals surface area contributed by atoms with Crippen molar-refractivity contribution < 1.29 is 22.0 Å². The number of hydrogen-bond acceptors (Lipinski definition) is 1. The quantitative estimate of drug-likeness (QED) is 0.366. The summed E-state index contributed by atoms with van der Waals surface area (Å²) in [5.74, 6) is -10.3. The maximum Gasteiger partial charge on any atom is 0.200 e. The van der Waals surface area contributed by atoms with Gasteiger partial charge in [-0.25, -0.2) is 22.0 Å². The van der Waals surface area contributed by atoms with Gasteiger partial charge < -0.3 is 10.6 Å². The first kappa shape index (κ1) is 16.2. The van der Waals surface area contributed by atoms with Crippen LogP contribution >= 0.6 is 12.2 Å². The van der Waals surface area contributed by atoms with Gasteiger partial charge >= 0.3 is 0 Å². The van der Waals surface area contributed by atoms with Crippen LogP contribution in [0.25, 0.3) is 0 Å². The lowest BCUT2D eigenvalue weighted by Gasteiger charge is -2.13. The van der Waals surface area contributed by atoms with Crippen LogP contribution in [0.1, 0.15) is 5.56 Å². The fourth-order valence-corrected chi connectivity index (χ4v) is 1.85. The van der Waals surface area contributed by atoms with E-state index in [0.29, 0.717) is 5.69 Å². The van der Waals surface area contributed by atoms with Crippen molar-refractivity contribution >= 4 is 28.7 Å². The average Bonchev–Trinajstić information content (AvgIpc) is 2.50. The molecule has 0 unspecified atom stereocenters.